The first-order chi connectivity index (χ1) is 10.6. The van der Waals surface area contributed by atoms with E-state index in [2.05, 4.69) is 66.0 Å². The van der Waals surface area contributed by atoms with Crippen molar-refractivity contribution in [3.8, 4) is 0 Å². The van der Waals surface area contributed by atoms with Crippen molar-refractivity contribution in [3.63, 3.8) is 0 Å². The number of hydrogen-bond acceptors (Lipinski definition) is 2. The summed E-state index contributed by atoms with van der Waals surface area (Å²) in [6, 6.07) is 18.9. The molecule has 0 atom stereocenters. The van der Waals surface area contributed by atoms with E-state index in [1.54, 1.807) is 0 Å². The number of nitrogens with one attached hydrogen (secondary N) is 2. The lowest BCUT2D eigenvalue weighted by atomic mass is 10.1. The fourth-order valence-corrected chi connectivity index (χ4v) is 2.30. The molecule has 0 amide bonds. The number of nitrogens with zero attached hydrogens (tertiary/aromatic N) is 1. The smallest absolute Gasteiger partial charge is 0.166 e. The van der Waals surface area contributed by atoms with Crippen molar-refractivity contribution in [3.05, 3.63) is 71.3 Å². The molecule has 0 aliphatic heterocycles. The molecule has 0 saturated heterocycles. The number of benzene rings is 2. The molecular weight excluding hydrogens is 290 g/mol. The Morgan fingerprint density at radius 2 is 1.32 bits per heavy atom. The van der Waals surface area contributed by atoms with Gasteiger partial charge >= 0.3 is 0 Å². The van der Waals surface area contributed by atoms with E-state index in [4.69, 9.17) is 12.2 Å². The van der Waals surface area contributed by atoms with Gasteiger partial charge in [-0.05, 0) is 43.0 Å². The van der Waals surface area contributed by atoms with E-state index in [0.717, 1.165) is 19.6 Å². The zero-order valence-corrected chi connectivity index (χ0v) is 14.0. The molecule has 3 nitrogen and oxygen atoms in total. The van der Waals surface area contributed by atoms with Gasteiger partial charge in [0, 0.05) is 19.6 Å². The second-order valence-electron chi connectivity index (χ2n) is 5.58. The number of hydrogen-bond donors (Lipinski definition) is 2. The summed E-state index contributed by atoms with van der Waals surface area (Å²) in [6.45, 7) is 2.45. The molecule has 0 saturated carbocycles. The Bertz CT molecular complexity index is 579. The number of rotatable bonds is 6. The monoisotopic (exact) mass is 313 g/mol. The highest BCUT2D eigenvalue weighted by atomic mass is 32.1. The van der Waals surface area contributed by atoms with Gasteiger partial charge < -0.3 is 15.5 Å². The van der Waals surface area contributed by atoms with Gasteiger partial charge in [0.1, 0.15) is 0 Å². The van der Waals surface area contributed by atoms with E-state index >= 15 is 0 Å². The van der Waals surface area contributed by atoms with Gasteiger partial charge in [-0.15, -0.1) is 0 Å². The second kappa shape index (κ2) is 8.51. The number of thiocarbonyl (C=S) groups is 1. The van der Waals surface area contributed by atoms with Crippen LogP contribution in [0.5, 0.6) is 0 Å². The van der Waals surface area contributed by atoms with Crippen LogP contribution in [0.15, 0.2) is 54.6 Å². The molecule has 116 valence electrons. The SMILES string of the molecule is CN(C)Cc1ccc(CNC(=S)NCc2ccccc2)cc1. The third kappa shape index (κ3) is 5.84. The summed E-state index contributed by atoms with van der Waals surface area (Å²) in [6.07, 6.45) is 0. The molecule has 0 aromatic heterocycles. The van der Waals surface area contributed by atoms with E-state index in [-0.39, 0.29) is 0 Å². The van der Waals surface area contributed by atoms with Crippen LogP contribution in [-0.4, -0.2) is 24.1 Å². The van der Waals surface area contributed by atoms with E-state index in [1.165, 1.54) is 16.7 Å². The highest BCUT2D eigenvalue weighted by molar-refractivity contribution is 7.80. The average molecular weight is 313 g/mol. The summed E-state index contributed by atoms with van der Waals surface area (Å²) in [7, 11) is 4.15. The van der Waals surface area contributed by atoms with Gasteiger partial charge in [0.2, 0.25) is 0 Å². The van der Waals surface area contributed by atoms with Crippen LogP contribution >= 0.6 is 12.2 Å². The van der Waals surface area contributed by atoms with Crippen LogP contribution in [0.1, 0.15) is 16.7 Å². The summed E-state index contributed by atoms with van der Waals surface area (Å²) in [4.78, 5) is 2.16. The predicted octanol–water partition coefficient (Wildman–Crippen LogP) is 2.91. The van der Waals surface area contributed by atoms with Crippen LogP contribution in [0, 0.1) is 0 Å². The van der Waals surface area contributed by atoms with Crippen molar-refractivity contribution >= 4 is 17.3 Å². The Kier molecular flexibility index (Phi) is 6.37. The molecule has 2 aromatic carbocycles. The first-order valence-electron chi connectivity index (χ1n) is 7.41. The quantitative estimate of drug-likeness (QED) is 0.802. The van der Waals surface area contributed by atoms with Gasteiger partial charge in [0.05, 0.1) is 0 Å². The molecule has 4 heteroatoms. The minimum absolute atomic E-state index is 0.682. The lowest BCUT2D eigenvalue weighted by Gasteiger charge is -2.12. The minimum atomic E-state index is 0.682. The third-order valence-electron chi connectivity index (χ3n) is 3.27. The average Bonchev–Trinajstić information content (AvgIpc) is 2.53. The fourth-order valence-electron chi connectivity index (χ4n) is 2.15. The Morgan fingerprint density at radius 3 is 1.86 bits per heavy atom. The van der Waals surface area contributed by atoms with Crippen LogP contribution < -0.4 is 10.6 Å². The molecule has 0 unspecified atom stereocenters. The highest BCUT2D eigenvalue weighted by Gasteiger charge is 1.99. The zero-order valence-electron chi connectivity index (χ0n) is 13.2. The summed E-state index contributed by atoms with van der Waals surface area (Å²) in [5.74, 6) is 0. The largest absolute Gasteiger partial charge is 0.359 e. The first-order valence-corrected chi connectivity index (χ1v) is 7.82. The molecule has 0 heterocycles. The maximum absolute atomic E-state index is 5.31. The Labute approximate surface area is 138 Å². The molecule has 0 bridgehead atoms. The van der Waals surface area contributed by atoms with E-state index < -0.39 is 0 Å². The van der Waals surface area contributed by atoms with Crippen molar-refractivity contribution < 1.29 is 0 Å². The van der Waals surface area contributed by atoms with Gasteiger partial charge in [-0.3, -0.25) is 0 Å². The summed E-state index contributed by atoms with van der Waals surface area (Å²) in [5.41, 5.74) is 3.77. The normalized spacial score (nSPS) is 10.5. The molecule has 0 spiro atoms. The van der Waals surface area contributed by atoms with Gasteiger partial charge in [0.15, 0.2) is 5.11 Å². The van der Waals surface area contributed by atoms with Crippen molar-refractivity contribution in [1.29, 1.82) is 0 Å². The van der Waals surface area contributed by atoms with Crippen LogP contribution in [0.25, 0.3) is 0 Å². The first kappa shape index (κ1) is 16.5. The lowest BCUT2D eigenvalue weighted by Crippen LogP contribution is -2.34. The maximum atomic E-state index is 5.31. The summed E-state index contributed by atoms with van der Waals surface area (Å²) >= 11 is 5.31. The molecule has 0 aliphatic carbocycles. The minimum Gasteiger partial charge on any atom is -0.359 e. The molecule has 22 heavy (non-hydrogen) atoms. The molecule has 0 aliphatic rings. The van der Waals surface area contributed by atoms with Crippen LogP contribution in [0.3, 0.4) is 0 Å². The highest BCUT2D eigenvalue weighted by Crippen LogP contribution is 2.06. The Balaban J connectivity index is 1.74. The fraction of sp³-hybridized carbons (Fsp3) is 0.278. The van der Waals surface area contributed by atoms with E-state index in [1.807, 2.05) is 18.2 Å². The second-order valence-corrected chi connectivity index (χ2v) is 5.98. The van der Waals surface area contributed by atoms with Crippen molar-refractivity contribution in [2.45, 2.75) is 19.6 Å². The summed E-state index contributed by atoms with van der Waals surface area (Å²) in [5, 5.41) is 7.14. The Morgan fingerprint density at radius 1 is 0.818 bits per heavy atom. The molecule has 0 fully saturated rings. The predicted molar refractivity (Wildman–Crippen MR) is 96.6 cm³/mol. The van der Waals surface area contributed by atoms with Gasteiger partial charge in [-0.25, -0.2) is 0 Å². The maximum Gasteiger partial charge on any atom is 0.166 e. The summed E-state index contributed by atoms with van der Waals surface area (Å²) < 4.78 is 0. The van der Waals surface area contributed by atoms with Crippen molar-refractivity contribution in [2.24, 2.45) is 0 Å². The molecule has 2 aromatic rings. The van der Waals surface area contributed by atoms with Crippen molar-refractivity contribution in [2.75, 3.05) is 14.1 Å². The van der Waals surface area contributed by atoms with Crippen LogP contribution in [-0.2, 0) is 19.6 Å². The van der Waals surface area contributed by atoms with Crippen LogP contribution in [0.4, 0.5) is 0 Å². The topological polar surface area (TPSA) is 27.3 Å². The zero-order chi connectivity index (χ0) is 15.8. The van der Waals surface area contributed by atoms with Crippen molar-refractivity contribution in [1.82, 2.24) is 15.5 Å². The Hall–Kier alpha value is -1.91. The standard InChI is InChI=1S/C18H23N3S/c1-21(2)14-17-10-8-16(9-11-17)13-20-18(22)19-12-15-6-4-3-5-7-15/h3-11H,12-14H2,1-2H3,(H2,19,20,22). The molecule has 0 radical (unpaired) electrons. The molecule has 2 rings (SSSR count). The molecular formula is C18H23N3S. The van der Waals surface area contributed by atoms with Gasteiger partial charge in [-0.2, -0.15) is 0 Å². The van der Waals surface area contributed by atoms with Gasteiger partial charge in [0.25, 0.3) is 0 Å². The van der Waals surface area contributed by atoms with Gasteiger partial charge in [-0.1, -0.05) is 54.6 Å². The van der Waals surface area contributed by atoms with E-state index in [9.17, 15) is 0 Å². The van der Waals surface area contributed by atoms with Crippen LogP contribution in [0.2, 0.25) is 0 Å². The molecule has 2 N–H and O–H groups in total. The van der Waals surface area contributed by atoms with E-state index in [0.29, 0.717) is 5.11 Å². The third-order valence-corrected chi connectivity index (χ3v) is 3.56. The lowest BCUT2D eigenvalue weighted by molar-refractivity contribution is 0.402.